The fourth-order valence-electron chi connectivity index (χ4n) is 7.48. The topological polar surface area (TPSA) is 134 Å². The van der Waals surface area contributed by atoms with E-state index in [9.17, 15) is 23.6 Å². The molecule has 3 aromatic heterocycles. The summed E-state index contributed by atoms with van der Waals surface area (Å²) in [7, 11) is 0. The first-order valence-electron chi connectivity index (χ1n) is 16.0. The highest BCUT2D eigenvalue weighted by molar-refractivity contribution is 6.31. The number of ether oxygens (including phenoxy) is 1. The van der Waals surface area contributed by atoms with Gasteiger partial charge in [0.05, 0.1) is 23.4 Å². The molecule has 1 aliphatic carbocycles. The van der Waals surface area contributed by atoms with Gasteiger partial charge >= 0.3 is 6.61 Å². The van der Waals surface area contributed by atoms with Crippen molar-refractivity contribution in [1.82, 2.24) is 34.2 Å². The minimum absolute atomic E-state index is 0.0989. The average Bonchev–Trinajstić information content (AvgIpc) is 3.85. The SMILES string of the molecule is N#CC1(CN2CC3CN(C(=O)Cn4cc(NC(=O)c5cnn6cccnc56)c(-c5cc(Cl)ccc5OC(F)F)n4)CC3C2)CCCCC1. The van der Waals surface area contributed by atoms with E-state index in [-0.39, 0.29) is 51.1 Å². The van der Waals surface area contributed by atoms with Gasteiger partial charge in [-0.25, -0.2) is 9.50 Å². The molecule has 4 aromatic rings. The van der Waals surface area contributed by atoms with Crippen LogP contribution in [-0.4, -0.2) is 85.3 Å². The van der Waals surface area contributed by atoms with Crippen molar-refractivity contribution < 1.29 is 23.1 Å². The van der Waals surface area contributed by atoms with Gasteiger partial charge in [0.25, 0.3) is 5.91 Å². The van der Waals surface area contributed by atoms with Crippen LogP contribution in [0.15, 0.2) is 49.1 Å². The Morgan fingerprint density at radius 3 is 2.65 bits per heavy atom. The number of amides is 2. The molecule has 1 saturated carbocycles. The van der Waals surface area contributed by atoms with Crippen molar-refractivity contribution in [3.63, 3.8) is 0 Å². The van der Waals surface area contributed by atoms with Crippen molar-refractivity contribution in [2.75, 3.05) is 38.0 Å². The fourth-order valence-corrected chi connectivity index (χ4v) is 7.65. The normalized spacial score (nSPS) is 20.6. The fraction of sp³-hybridized carbons (Fsp3) is 0.455. The molecule has 1 N–H and O–H groups in total. The van der Waals surface area contributed by atoms with Gasteiger partial charge in [-0.2, -0.15) is 24.2 Å². The van der Waals surface area contributed by atoms with Crippen LogP contribution in [-0.2, 0) is 11.3 Å². The van der Waals surface area contributed by atoms with Crippen molar-refractivity contribution in [2.45, 2.75) is 45.3 Å². The third-order valence-corrected chi connectivity index (χ3v) is 9.97. The minimum Gasteiger partial charge on any atom is -0.434 e. The Labute approximate surface area is 280 Å². The maximum atomic E-state index is 13.6. The Hall–Kier alpha value is -4.61. The smallest absolute Gasteiger partial charge is 0.387 e. The maximum absolute atomic E-state index is 13.6. The summed E-state index contributed by atoms with van der Waals surface area (Å²) in [5.74, 6) is -0.238. The van der Waals surface area contributed by atoms with Gasteiger partial charge < -0.3 is 19.9 Å². The van der Waals surface area contributed by atoms with Crippen molar-refractivity contribution in [1.29, 1.82) is 5.26 Å². The summed E-state index contributed by atoms with van der Waals surface area (Å²) >= 11 is 6.25. The van der Waals surface area contributed by atoms with Gasteiger partial charge in [-0.05, 0) is 48.9 Å². The number of hydrogen-bond donors (Lipinski definition) is 1. The van der Waals surface area contributed by atoms with Crippen LogP contribution in [0.4, 0.5) is 14.5 Å². The van der Waals surface area contributed by atoms with Crippen LogP contribution in [0.3, 0.4) is 0 Å². The first-order valence-corrected chi connectivity index (χ1v) is 16.4. The lowest BCUT2D eigenvalue weighted by molar-refractivity contribution is -0.131. The molecule has 7 rings (SSSR count). The first kappa shape index (κ1) is 32.0. The molecular formula is C33H34ClF2N9O3. The van der Waals surface area contributed by atoms with E-state index >= 15 is 0 Å². The quantitative estimate of drug-likeness (QED) is 0.263. The molecule has 15 heteroatoms. The molecule has 2 amide bonds. The number of carbonyl (C=O) groups excluding carboxylic acids is 2. The Morgan fingerprint density at radius 2 is 1.92 bits per heavy atom. The Kier molecular flexibility index (Phi) is 8.74. The molecule has 2 aliphatic heterocycles. The third-order valence-electron chi connectivity index (χ3n) is 9.73. The van der Waals surface area contributed by atoms with Crippen molar-refractivity contribution in [3.05, 3.63) is 59.6 Å². The number of rotatable bonds is 9. The third kappa shape index (κ3) is 6.44. The number of carbonyl (C=O) groups is 2. The Balaban J connectivity index is 1.09. The zero-order chi connectivity index (χ0) is 33.4. The number of likely N-dealkylation sites (tertiary alicyclic amines) is 2. The number of halogens is 3. The molecule has 0 spiro atoms. The van der Waals surface area contributed by atoms with E-state index in [1.807, 2.05) is 4.90 Å². The van der Waals surface area contributed by atoms with E-state index in [2.05, 4.69) is 31.5 Å². The highest BCUT2D eigenvalue weighted by Crippen LogP contribution is 2.40. The van der Waals surface area contributed by atoms with Gasteiger partial charge in [-0.1, -0.05) is 30.9 Å². The van der Waals surface area contributed by atoms with Crippen LogP contribution in [0.25, 0.3) is 16.9 Å². The number of nitriles is 1. The summed E-state index contributed by atoms with van der Waals surface area (Å²) < 4.78 is 34.3. The molecule has 2 atom stereocenters. The number of anilines is 1. The Morgan fingerprint density at radius 1 is 1.15 bits per heavy atom. The molecule has 1 aromatic carbocycles. The number of aromatic nitrogens is 5. The molecule has 3 fully saturated rings. The second-order valence-corrected chi connectivity index (χ2v) is 13.4. The first-order chi connectivity index (χ1) is 23.2. The molecule has 2 saturated heterocycles. The largest absolute Gasteiger partial charge is 0.434 e. The van der Waals surface area contributed by atoms with Gasteiger partial charge in [-0.15, -0.1) is 0 Å². The number of benzene rings is 1. The lowest BCUT2D eigenvalue weighted by atomic mass is 9.75. The van der Waals surface area contributed by atoms with Crippen molar-refractivity contribution >= 4 is 34.7 Å². The van der Waals surface area contributed by atoms with E-state index in [0.717, 1.165) is 45.3 Å². The molecule has 2 unspecified atom stereocenters. The van der Waals surface area contributed by atoms with E-state index in [1.165, 1.54) is 52.4 Å². The maximum Gasteiger partial charge on any atom is 0.387 e. The van der Waals surface area contributed by atoms with Gasteiger partial charge in [0.1, 0.15) is 23.6 Å². The monoisotopic (exact) mass is 677 g/mol. The number of alkyl halides is 2. The standard InChI is InChI=1S/C33H34ClF2N9O3/c34-23-5-6-27(48-32(35)36)24(11-23)29-26(40-31(47)25-12-39-45-10-4-9-38-30(25)45)17-44(41-29)18-28(46)43-15-21-13-42(14-22(21)16-43)20-33(19-37)7-2-1-3-8-33/h4-6,9-12,17,21-22,32H,1-3,7-8,13-16,18,20H2,(H,40,47). The predicted molar refractivity (Wildman–Crippen MR) is 171 cm³/mol. The van der Waals surface area contributed by atoms with Crippen LogP contribution in [0, 0.1) is 28.6 Å². The molecule has 5 heterocycles. The molecule has 3 aliphatic rings. The van der Waals surface area contributed by atoms with Gasteiger partial charge in [0.15, 0.2) is 5.65 Å². The number of nitrogens with zero attached hydrogens (tertiary/aromatic N) is 8. The summed E-state index contributed by atoms with van der Waals surface area (Å²) in [5, 5.41) is 21.7. The summed E-state index contributed by atoms with van der Waals surface area (Å²) in [6, 6.07) is 8.42. The summed E-state index contributed by atoms with van der Waals surface area (Å²) in [5.41, 5.74) is 0.619. The van der Waals surface area contributed by atoms with Crippen LogP contribution in [0.5, 0.6) is 5.75 Å². The average molecular weight is 678 g/mol. The zero-order valence-electron chi connectivity index (χ0n) is 26.1. The van der Waals surface area contributed by atoms with E-state index < -0.39 is 12.5 Å². The second kappa shape index (κ2) is 13.1. The minimum atomic E-state index is -3.12. The van der Waals surface area contributed by atoms with E-state index in [4.69, 9.17) is 16.3 Å². The highest BCUT2D eigenvalue weighted by Gasteiger charge is 2.44. The molecule has 12 nitrogen and oxygen atoms in total. The number of hydrogen-bond acceptors (Lipinski definition) is 8. The number of fused-ring (bicyclic) bond motifs is 2. The van der Waals surface area contributed by atoms with Crippen LogP contribution in [0.2, 0.25) is 5.02 Å². The molecule has 250 valence electrons. The summed E-state index contributed by atoms with van der Waals surface area (Å²) in [6.07, 6.45) is 11.4. The van der Waals surface area contributed by atoms with E-state index in [0.29, 0.717) is 30.6 Å². The highest BCUT2D eigenvalue weighted by atomic mass is 35.5. The summed E-state index contributed by atoms with van der Waals surface area (Å²) in [4.78, 5) is 35.5. The second-order valence-electron chi connectivity index (χ2n) is 13.0. The van der Waals surface area contributed by atoms with Gasteiger partial charge in [-0.3, -0.25) is 14.3 Å². The molecular weight excluding hydrogens is 644 g/mol. The number of nitrogens with one attached hydrogen (secondary N) is 1. The summed E-state index contributed by atoms with van der Waals surface area (Å²) in [6.45, 7) is 0.490. The lowest BCUT2D eigenvalue weighted by Crippen LogP contribution is -2.40. The van der Waals surface area contributed by atoms with Crippen LogP contribution < -0.4 is 10.1 Å². The van der Waals surface area contributed by atoms with Crippen LogP contribution in [0.1, 0.15) is 42.5 Å². The molecule has 0 bridgehead atoms. The van der Waals surface area contributed by atoms with Crippen LogP contribution >= 0.6 is 11.6 Å². The van der Waals surface area contributed by atoms with E-state index in [1.54, 1.807) is 12.3 Å². The van der Waals surface area contributed by atoms with Gasteiger partial charge in [0, 0.05) is 61.9 Å². The zero-order valence-corrected chi connectivity index (χ0v) is 26.8. The predicted octanol–water partition coefficient (Wildman–Crippen LogP) is 4.96. The Bertz CT molecular complexity index is 1870. The molecule has 0 radical (unpaired) electrons. The molecule has 48 heavy (non-hydrogen) atoms. The van der Waals surface area contributed by atoms with Crippen molar-refractivity contribution in [3.8, 4) is 23.1 Å². The van der Waals surface area contributed by atoms with Gasteiger partial charge in [0.2, 0.25) is 5.91 Å². The lowest BCUT2D eigenvalue weighted by Gasteiger charge is -2.34. The van der Waals surface area contributed by atoms with Crippen molar-refractivity contribution in [2.24, 2.45) is 17.3 Å².